The molecule has 0 saturated carbocycles. The second kappa shape index (κ2) is 8.86. The summed E-state index contributed by atoms with van der Waals surface area (Å²) in [5, 5.41) is 7.14. The smallest absolute Gasteiger partial charge is 0.291 e. The fraction of sp³-hybridized carbons (Fsp3) is 0.280. The molecule has 0 atom stereocenters. The molecular formula is C25H27N3O4S. The molecule has 8 heteroatoms. The van der Waals surface area contributed by atoms with Crippen LogP contribution in [0, 0.1) is 27.7 Å². The number of nitrogens with zero attached hydrogens (tertiary/aromatic N) is 1. The van der Waals surface area contributed by atoms with Gasteiger partial charge >= 0.3 is 0 Å². The Kier molecular flexibility index (Phi) is 6.12. The van der Waals surface area contributed by atoms with Gasteiger partial charge in [-0.1, -0.05) is 35.4 Å². The third-order valence-corrected chi connectivity index (χ3v) is 7.02. The number of carbonyl (C=O) groups excluding carboxylic acids is 1. The SMILES string of the molecule is Cc1ccc(S(=O)(=O)N/N=C2\CCCc3oc(C(=O)Nc4ccc(C)cc4C)c(C)c32)cc1. The van der Waals surface area contributed by atoms with E-state index < -0.39 is 10.0 Å². The van der Waals surface area contributed by atoms with Crippen molar-refractivity contribution in [3.05, 3.63) is 81.8 Å². The third kappa shape index (κ3) is 4.71. The van der Waals surface area contributed by atoms with Gasteiger partial charge in [0.1, 0.15) is 5.76 Å². The van der Waals surface area contributed by atoms with Crippen molar-refractivity contribution in [1.29, 1.82) is 0 Å². The third-order valence-electron chi connectivity index (χ3n) is 5.79. The number of nitrogens with one attached hydrogen (secondary N) is 2. The van der Waals surface area contributed by atoms with Crippen LogP contribution >= 0.6 is 0 Å². The molecular weight excluding hydrogens is 438 g/mol. The van der Waals surface area contributed by atoms with Gasteiger partial charge in [-0.3, -0.25) is 4.79 Å². The number of carbonyl (C=O) groups is 1. The van der Waals surface area contributed by atoms with E-state index in [0.29, 0.717) is 35.4 Å². The largest absolute Gasteiger partial charge is 0.455 e. The second-order valence-electron chi connectivity index (χ2n) is 8.45. The maximum atomic E-state index is 13.0. The summed E-state index contributed by atoms with van der Waals surface area (Å²) in [5.74, 6) is 0.530. The van der Waals surface area contributed by atoms with E-state index in [4.69, 9.17) is 4.42 Å². The molecule has 0 spiro atoms. The lowest BCUT2D eigenvalue weighted by molar-refractivity contribution is 0.0994. The van der Waals surface area contributed by atoms with Crippen molar-refractivity contribution in [1.82, 2.24) is 4.83 Å². The van der Waals surface area contributed by atoms with E-state index in [2.05, 4.69) is 15.2 Å². The standard InChI is InChI=1S/C25H27N3O4S/c1-15-8-11-19(12-9-15)33(30,31)28-27-21-6-5-7-22-23(21)18(4)24(32-22)25(29)26-20-13-10-16(2)14-17(20)3/h8-14,28H,5-7H2,1-4H3,(H,26,29)/b27-21+. The number of aryl methyl sites for hydroxylation is 4. The highest BCUT2D eigenvalue weighted by molar-refractivity contribution is 7.89. The molecule has 3 aromatic rings. The summed E-state index contributed by atoms with van der Waals surface area (Å²) in [5.41, 5.74) is 5.70. The van der Waals surface area contributed by atoms with Crippen LogP contribution in [0.25, 0.3) is 0 Å². The fourth-order valence-corrected chi connectivity index (χ4v) is 4.85. The van der Waals surface area contributed by atoms with Crippen LogP contribution < -0.4 is 10.1 Å². The molecule has 1 aromatic heterocycles. The van der Waals surface area contributed by atoms with E-state index in [1.807, 2.05) is 39.0 Å². The Bertz CT molecular complexity index is 1350. The van der Waals surface area contributed by atoms with Crippen molar-refractivity contribution < 1.29 is 17.6 Å². The summed E-state index contributed by atoms with van der Waals surface area (Å²) in [6.45, 7) is 7.63. The summed E-state index contributed by atoms with van der Waals surface area (Å²) in [6.07, 6.45) is 2.00. The zero-order valence-electron chi connectivity index (χ0n) is 19.2. The van der Waals surface area contributed by atoms with Crippen LogP contribution in [0.15, 0.2) is 56.9 Å². The molecule has 4 rings (SSSR count). The predicted octanol–water partition coefficient (Wildman–Crippen LogP) is 4.78. The zero-order chi connectivity index (χ0) is 23.8. The Labute approximate surface area is 194 Å². The molecule has 1 aliphatic carbocycles. The van der Waals surface area contributed by atoms with Gasteiger partial charge in [0.15, 0.2) is 5.76 Å². The molecule has 1 heterocycles. The highest BCUT2D eigenvalue weighted by Gasteiger charge is 2.28. The van der Waals surface area contributed by atoms with Crippen LogP contribution in [-0.2, 0) is 16.4 Å². The number of anilines is 1. The van der Waals surface area contributed by atoms with Crippen molar-refractivity contribution in [2.75, 3.05) is 5.32 Å². The predicted molar refractivity (Wildman–Crippen MR) is 128 cm³/mol. The van der Waals surface area contributed by atoms with Crippen LogP contribution in [0.4, 0.5) is 5.69 Å². The van der Waals surface area contributed by atoms with E-state index in [9.17, 15) is 13.2 Å². The molecule has 172 valence electrons. The number of benzene rings is 2. The van der Waals surface area contributed by atoms with E-state index in [0.717, 1.165) is 28.8 Å². The Morgan fingerprint density at radius 3 is 2.36 bits per heavy atom. The number of fused-ring (bicyclic) bond motifs is 1. The molecule has 0 radical (unpaired) electrons. The molecule has 33 heavy (non-hydrogen) atoms. The minimum Gasteiger partial charge on any atom is -0.455 e. The van der Waals surface area contributed by atoms with Gasteiger partial charge in [-0.25, -0.2) is 0 Å². The Morgan fingerprint density at radius 2 is 1.67 bits per heavy atom. The number of amides is 1. The van der Waals surface area contributed by atoms with Crippen LogP contribution in [0.5, 0.6) is 0 Å². The Balaban J connectivity index is 1.60. The molecule has 0 bridgehead atoms. The van der Waals surface area contributed by atoms with Crippen molar-refractivity contribution in [2.24, 2.45) is 5.10 Å². The first-order valence-electron chi connectivity index (χ1n) is 10.8. The monoisotopic (exact) mass is 465 g/mol. The van der Waals surface area contributed by atoms with Gasteiger partial charge in [-0.05, 0) is 64.3 Å². The maximum absolute atomic E-state index is 13.0. The number of hydrogen-bond donors (Lipinski definition) is 2. The van der Waals surface area contributed by atoms with Crippen molar-refractivity contribution in [3.63, 3.8) is 0 Å². The van der Waals surface area contributed by atoms with Gasteiger partial charge in [-0.15, -0.1) is 0 Å². The van der Waals surface area contributed by atoms with Crippen LogP contribution in [0.3, 0.4) is 0 Å². The van der Waals surface area contributed by atoms with Gasteiger partial charge in [0, 0.05) is 23.2 Å². The van der Waals surface area contributed by atoms with Crippen LogP contribution in [0.2, 0.25) is 0 Å². The molecule has 0 aliphatic heterocycles. The lowest BCUT2D eigenvalue weighted by Crippen LogP contribution is -2.22. The Morgan fingerprint density at radius 1 is 0.970 bits per heavy atom. The summed E-state index contributed by atoms with van der Waals surface area (Å²) < 4.78 is 31.2. The number of hydrazone groups is 1. The van der Waals surface area contributed by atoms with Gasteiger partial charge in [0.25, 0.3) is 15.9 Å². The first-order valence-corrected chi connectivity index (χ1v) is 12.3. The van der Waals surface area contributed by atoms with E-state index in [-0.39, 0.29) is 16.6 Å². The van der Waals surface area contributed by atoms with Crippen LogP contribution in [-0.4, -0.2) is 20.0 Å². The molecule has 0 saturated heterocycles. The molecule has 0 unspecified atom stereocenters. The second-order valence-corrected chi connectivity index (χ2v) is 10.1. The lowest BCUT2D eigenvalue weighted by Gasteiger charge is -2.14. The highest BCUT2D eigenvalue weighted by atomic mass is 32.2. The average molecular weight is 466 g/mol. The number of sulfonamides is 1. The van der Waals surface area contributed by atoms with E-state index >= 15 is 0 Å². The normalized spacial score (nSPS) is 14.7. The van der Waals surface area contributed by atoms with E-state index in [1.54, 1.807) is 31.2 Å². The van der Waals surface area contributed by atoms with Gasteiger partial charge in [-0.2, -0.15) is 18.4 Å². The fourth-order valence-electron chi connectivity index (χ4n) is 4.01. The van der Waals surface area contributed by atoms with Crippen LogP contribution in [0.1, 0.15) is 57.0 Å². The maximum Gasteiger partial charge on any atom is 0.291 e. The number of rotatable bonds is 5. The summed E-state index contributed by atoms with van der Waals surface area (Å²) >= 11 is 0. The minimum atomic E-state index is -3.80. The Hall–Kier alpha value is -3.39. The molecule has 1 aliphatic rings. The number of hydrogen-bond acceptors (Lipinski definition) is 5. The summed E-state index contributed by atoms with van der Waals surface area (Å²) in [7, 11) is -3.80. The molecule has 1 amide bonds. The van der Waals surface area contributed by atoms with Gasteiger partial charge in [0.2, 0.25) is 0 Å². The summed E-state index contributed by atoms with van der Waals surface area (Å²) in [6, 6.07) is 12.4. The molecule has 0 fully saturated rings. The molecule has 2 aromatic carbocycles. The van der Waals surface area contributed by atoms with Crippen molar-refractivity contribution in [2.45, 2.75) is 51.9 Å². The van der Waals surface area contributed by atoms with Crippen molar-refractivity contribution >= 4 is 27.3 Å². The molecule has 7 nitrogen and oxygen atoms in total. The number of furan rings is 1. The highest BCUT2D eigenvalue weighted by Crippen LogP contribution is 2.31. The first-order chi connectivity index (χ1) is 15.7. The summed E-state index contributed by atoms with van der Waals surface area (Å²) in [4.78, 5) is 15.5. The first kappa shape index (κ1) is 22.8. The zero-order valence-corrected chi connectivity index (χ0v) is 20.0. The van der Waals surface area contributed by atoms with Gasteiger partial charge in [0.05, 0.1) is 10.6 Å². The van der Waals surface area contributed by atoms with Crippen molar-refractivity contribution in [3.8, 4) is 0 Å². The average Bonchev–Trinajstić information content (AvgIpc) is 3.12. The molecule has 2 N–H and O–H groups in total. The minimum absolute atomic E-state index is 0.144. The quantitative estimate of drug-likeness (QED) is 0.529. The topological polar surface area (TPSA) is 101 Å². The van der Waals surface area contributed by atoms with E-state index in [1.165, 1.54) is 0 Å². The van der Waals surface area contributed by atoms with Gasteiger partial charge < -0.3 is 9.73 Å². The lowest BCUT2D eigenvalue weighted by atomic mass is 9.93.